The first-order valence-electron chi connectivity index (χ1n) is 5.42. The molecule has 0 aromatic heterocycles. The molecule has 0 amide bonds. The predicted octanol–water partition coefficient (Wildman–Crippen LogP) is 2.69. The number of nitrogens with one attached hydrogen (secondary N) is 1. The van der Waals surface area contributed by atoms with Gasteiger partial charge in [-0.05, 0) is 40.0 Å². The van der Waals surface area contributed by atoms with Crippen molar-refractivity contribution in [2.75, 3.05) is 0 Å². The van der Waals surface area contributed by atoms with Crippen LogP contribution in [0, 0.1) is 5.92 Å². The first-order valence-corrected chi connectivity index (χ1v) is 8.48. The van der Waals surface area contributed by atoms with Crippen molar-refractivity contribution in [1.29, 1.82) is 0 Å². The van der Waals surface area contributed by atoms with Gasteiger partial charge in [-0.3, -0.25) is 0 Å². The maximum atomic E-state index is 12.2. The zero-order valence-electron chi connectivity index (χ0n) is 10.4. The van der Waals surface area contributed by atoms with Gasteiger partial charge in [-0.1, -0.05) is 37.7 Å². The molecule has 1 aromatic carbocycles. The van der Waals surface area contributed by atoms with E-state index in [0.717, 1.165) is 0 Å². The molecule has 1 aromatic rings. The Hall–Kier alpha value is -0.210. The molecule has 8 heteroatoms. The van der Waals surface area contributed by atoms with Gasteiger partial charge in [0.05, 0.1) is 20.9 Å². The number of hydrogen-bond acceptors (Lipinski definition) is 3. The molecule has 1 rings (SSSR count). The summed E-state index contributed by atoms with van der Waals surface area (Å²) < 4.78 is 27.5. The number of halogens is 2. The zero-order chi connectivity index (χ0) is 14.8. The SMILES string of the molecule is CC(C)C(NS(=O)(=O)c1ccc(Cl)c(Br)c1)C(N)=S. The number of hydrogen-bond donors (Lipinski definition) is 2. The van der Waals surface area contributed by atoms with Crippen LogP contribution in [0.15, 0.2) is 27.6 Å². The lowest BCUT2D eigenvalue weighted by atomic mass is 10.1. The van der Waals surface area contributed by atoms with Crippen LogP contribution < -0.4 is 10.5 Å². The molecule has 0 heterocycles. The summed E-state index contributed by atoms with van der Waals surface area (Å²) in [7, 11) is -3.69. The summed E-state index contributed by atoms with van der Waals surface area (Å²) in [5, 5.41) is 0.439. The van der Waals surface area contributed by atoms with E-state index in [-0.39, 0.29) is 15.8 Å². The first kappa shape index (κ1) is 16.8. The van der Waals surface area contributed by atoms with Gasteiger partial charge in [-0.2, -0.15) is 0 Å². The van der Waals surface area contributed by atoms with Crippen molar-refractivity contribution in [2.45, 2.75) is 24.8 Å². The lowest BCUT2D eigenvalue weighted by Gasteiger charge is -2.21. The second kappa shape index (κ2) is 6.49. The van der Waals surface area contributed by atoms with Crippen LogP contribution >= 0.6 is 39.7 Å². The Morgan fingerprint density at radius 2 is 2.05 bits per heavy atom. The number of thiocarbonyl (C=S) groups is 1. The Morgan fingerprint density at radius 3 is 2.47 bits per heavy atom. The molecule has 0 fully saturated rings. The van der Waals surface area contributed by atoms with Gasteiger partial charge in [-0.25, -0.2) is 13.1 Å². The number of nitrogens with two attached hydrogens (primary N) is 1. The summed E-state index contributed by atoms with van der Waals surface area (Å²) in [5.74, 6) is -0.0389. The van der Waals surface area contributed by atoms with Crippen LogP contribution in [0.3, 0.4) is 0 Å². The van der Waals surface area contributed by atoms with E-state index in [1.165, 1.54) is 18.2 Å². The van der Waals surface area contributed by atoms with E-state index in [1.54, 1.807) is 0 Å². The van der Waals surface area contributed by atoms with Gasteiger partial charge in [-0.15, -0.1) is 0 Å². The van der Waals surface area contributed by atoms with Crippen LogP contribution in [0.25, 0.3) is 0 Å². The van der Waals surface area contributed by atoms with E-state index >= 15 is 0 Å². The highest BCUT2D eigenvalue weighted by atomic mass is 79.9. The van der Waals surface area contributed by atoms with E-state index in [0.29, 0.717) is 9.50 Å². The molecule has 19 heavy (non-hydrogen) atoms. The molecular weight excluding hydrogens is 372 g/mol. The number of benzene rings is 1. The Labute approximate surface area is 131 Å². The summed E-state index contributed by atoms with van der Waals surface area (Å²) in [6.07, 6.45) is 0. The fourth-order valence-corrected chi connectivity index (χ4v) is 3.85. The molecular formula is C11H14BrClN2O2S2. The molecule has 0 saturated carbocycles. The van der Waals surface area contributed by atoms with Crippen molar-refractivity contribution < 1.29 is 8.42 Å². The molecule has 0 saturated heterocycles. The third kappa shape index (κ3) is 4.39. The highest BCUT2D eigenvalue weighted by molar-refractivity contribution is 9.10. The van der Waals surface area contributed by atoms with E-state index < -0.39 is 16.1 Å². The number of sulfonamides is 1. The fraction of sp³-hybridized carbons (Fsp3) is 0.364. The second-order valence-corrected chi connectivity index (χ2v) is 7.77. The Morgan fingerprint density at radius 1 is 1.47 bits per heavy atom. The van der Waals surface area contributed by atoms with Crippen molar-refractivity contribution in [1.82, 2.24) is 4.72 Å². The normalized spacial score (nSPS) is 13.5. The van der Waals surface area contributed by atoms with Crippen LogP contribution in [0.2, 0.25) is 5.02 Å². The van der Waals surface area contributed by atoms with Crippen LogP contribution in [0.1, 0.15) is 13.8 Å². The topological polar surface area (TPSA) is 72.2 Å². The Balaban J connectivity index is 3.10. The van der Waals surface area contributed by atoms with Crippen molar-refractivity contribution >= 4 is 54.8 Å². The maximum Gasteiger partial charge on any atom is 0.241 e. The number of rotatable bonds is 5. The zero-order valence-corrected chi connectivity index (χ0v) is 14.3. The molecule has 0 aliphatic rings. The third-order valence-corrected chi connectivity index (χ3v) is 5.36. The molecule has 1 unspecified atom stereocenters. The van der Waals surface area contributed by atoms with Gasteiger partial charge in [0.2, 0.25) is 10.0 Å². The van der Waals surface area contributed by atoms with Gasteiger partial charge in [0.1, 0.15) is 0 Å². The lowest BCUT2D eigenvalue weighted by molar-refractivity contribution is 0.526. The van der Waals surface area contributed by atoms with Gasteiger partial charge in [0.15, 0.2) is 0 Å². The summed E-state index contributed by atoms with van der Waals surface area (Å²) in [6.45, 7) is 3.67. The van der Waals surface area contributed by atoms with Gasteiger partial charge < -0.3 is 5.73 Å². The summed E-state index contributed by atoms with van der Waals surface area (Å²) >= 11 is 13.9. The fourth-order valence-electron chi connectivity index (χ4n) is 1.40. The van der Waals surface area contributed by atoms with Gasteiger partial charge >= 0.3 is 0 Å². The van der Waals surface area contributed by atoms with Crippen LogP contribution in [-0.4, -0.2) is 19.4 Å². The molecule has 0 spiro atoms. The van der Waals surface area contributed by atoms with Gasteiger partial charge in [0.25, 0.3) is 0 Å². The summed E-state index contributed by atoms with van der Waals surface area (Å²) in [4.78, 5) is 0.220. The van der Waals surface area contributed by atoms with Crippen molar-refractivity contribution in [2.24, 2.45) is 11.7 Å². The highest BCUT2D eigenvalue weighted by Crippen LogP contribution is 2.25. The molecule has 4 nitrogen and oxygen atoms in total. The lowest BCUT2D eigenvalue weighted by Crippen LogP contribution is -2.46. The molecule has 0 aliphatic carbocycles. The first-order chi connectivity index (χ1) is 8.65. The van der Waals surface area contributed by atoms with Crippen LogP contribution in [0.5, 0.6) is 0 Å². The minimum atomic E-state index is -3.69. The standard InChI is InChI=1S/C11H14BrClN2O2S2/c1-6(2)10(11(14)18)15-19(16,17)7-3-4-9(13)8(12)5-7/h3-6,10,15H,1-2H3,(H2,14,18). The minimum absolute atomic E-state index is 0.0389. The van der Waals surface area contributed by atoms with Crippen molar-refractivity contribution in [3.8, 4) is 0 Å². The largest absolute Gasteiger partial charge is 0.392 e. The van der Waals surface area contributed by atoms with Gasteiger partial charge in [0, 0.05) is 4.47 Å². The molecule has 106 valence electrons. The van der Waals surface area contributed by atoms with Crippen LogP contribution in [-0.2, 0) is 10.0 Å². The molecule has 0 aliphatic heterocycles. The van der Waals surface area contributed by atoms with Crippen molar-refractivity contribution in [3.05, 3.63) is 27.7 Å². The quantitative estimate of drug-likeness (QED) is 0.764. The van der Waals surface area contributed by atoms with Crippen LogP contribution in [0.4, 0.5) is 0 Å². The smallest absolute Gasteiger partial charge is 0.241 e. The average molecular weight is 386 g/mol. The minimum Gasteiger partial charge on any atom is -0.392 e. The van der Waals surface area contributed by atoms with E-state index in [4.69, 9.17) is 29.6 Å². The summed E-state index contributed by atoms with van der Waals surface area (Å²) in [6, 6.07) is 3.77. The average Bonchev–Trinajstić information content (AvgIpc) is 2.28. The molecule has 0 bridgehead atoms. The summed E-state index contributed by atoms with van der Waals surface area (Å²) in [5.41, 5.74) is 5.55. The second-order valence-electron chi connectivity index (χ2n) is 4.32. The van der Waals surface area contributed by atoms with E-state index in [9.17, 15) is 8.42 Å². The van der Waals surface area contributed by atoms with E-state index in [1.807, 2.05) is 13.8 Å². The predicted molar refractivity (Wildman–Crippen MR) is 84.9 cm³/mol. The monoisotopic (exact) mass is 384 g/mol. The molecule has 1 atom stereocenters. The molecule has 0 radical (unpaired) electrons. The maximum absolute atomic E-state index is 12.2. The van der Waals surface area contributed by atoms with Crippen molar-refractivity contribution in [3.63, 3.8) is 0 Å². The highest BCUT2D eigenvalue weighted by Gasteiger charge is 2.24. The molecule has 3 N–H and O–H groups in total. The third-order valence-electron chi connectivity index (χ3n) is 2.46. The Bertz CT molecular complexity index is 590. The van der Waals surface area contributed by atoms with E-state index in [2.05, 4.69) is 20.7 Å². The Kier molecular flexibility index (Phi) is 5.76.